The van der Waals surface area contributed by atoms with Crippen LogP contribution in [-0.4, -0.2) is 33.3 Å². The summed E-state index contributed by atoms with van der Waals surface area (Å²) >= 11 is 0. The molecular formula is C18H19FN4O2. The van der Waals surface area contributed by atoms with E-state index in [1.165, 1.54) is 12.1 Å². The number of aromatic amines is 1. The first-order valence-electron chi connectivity index (χ1n) is 8.25. The largest absolute Gasteiger partial charge is 0.371 e. The molecule has 130 valence electrons. The number of aromatic nitrogens is 3. The van der Waals surface area contributed by atoms with Gasteiger partial charge < -0.3 is 15.0 Å². The Hall–Kier alpha value is -2.67. The molecule has 2 N–H and O–H groups in total. The second-order valence-corrected chi connectivity index (χ2v) is 6.38. The van der Waals surface area contributed by atoms with Crippen LogP contribution in [-0.2, 0) is 23.0 Å². The van der Waals surface area contributed by atoms with E-state index in [4.69, 9.17) is 4.74 Å². The van der Waals surface area contributed by atoms with Gasteiger partial charge in [0.05, 0.1) is 18.7 Å². The number of carbonyl (C=O) groups is 1. The first kappa shape index (κ1) is 15.8. The summed E-state index contributed by atoms with van der Waals surface area (Å²) < 4.78 is 20.8. The van der Waals surface area contributed by atoms with Crippen molar-refractivity contribution in [3.05, 3.63) is 53.7 Å². The minimum absolute atomic E-state index is 0.0700. The fraction of sp³-hybridized carbons (Fsp3) is 0.333. The monoisotopic (exact) mass is 342 g/mol. The third-order valence-electron chi connectivity index (χ3n) is 4.57. The molecule has 1 fully saturated rings. The van der Waals surface area contributed by atoms with Crippen molar-refractivity contribution in [2.75, 3.05) is 6.61 Å². The summed E-state index contributed by atoms with van der Waals surface area (Å²) in [5.41, 5.74) is 2.51. The average molecular weight is 342 g/mol. The Bertz CT molecular complexity index is 917. The minimum Gasteiger partial charge on any atom is -0.371 e. The van der Waals surface area contributed by atoms with Gasteiger partial charge in [-0.15, -0.1) is 0 Å². The van der Waals surface area contributed by atoms with Gasteiger partial charge in [0, 0.05) is 42.5 Å². The molecule has 1 aromatic carbocycles. The minimum atomic E-state index is -0.298. The van der Waals surface area contributed by atoms with Crippen LogP contribution in [0.15, 0.2) is 36.8 Å². The van der Waals surface area contributed by atoms with E-state index < -0.39 is 0 Å². The van der Waals surface area contributed by atoms with Gasteiger partial charge in [-0.2, -0.15) is 5.10 Å². The van der Waals surface area contributed by atoms with E-state index in [9.17, 15) is 9.18 Å². The Morgan fingerprint density at radius 3 is 3.20 bits per heavy atom. The number of halogens is 1. The summed E-state index contributed by atoms with van der Waals surface area (Å²) in [6.45, 7) is 0.608. The van der Waals surface area contributed by atoms with E-state index in [1.54, 1.807) is 23.1 Å². The second-order valence-electron chi connectivity index (χ2n) is 6.38. The summed E-state index contributed by atoms with van der Waals surface area (Å²) in [6, 6.07) is 4.46. The third-order valence-corrected chi connectivity index (χ3v) is 4.57. The highest BCUT2D eigenvalue weighted by atomic mass is 19.1. The average Bonchev–Trinajstić information content (AvgIpc) is 3.28. The molecule has 1 saturated heterocycles. The van der Waals surface area contributed by atoms with Crippen molar-refractivity contribution in [3.63, 3.8) is 0 Å². The first-order valence-corrected chi connectivity index (χ1v) is 8.25. The number of amides is 1. The molecule has 0 saturated carbocycles. The Balaban J connectivity index is 1.46. The Morgan fingerprint density at radius 2 is 2.40 bits per heavy atom. The SMILES string of the molecule is Cn1cc([C@H]2OCC[C@@H]2NC(=O)Cc2c[nH]c3cc(F)ccc23)cn1. The van der Waals surface area contributed by atoms with Crippen molar-refractivity contribution in [2.45, 2.75) is 25.0 Å². The van der Waals surface area contributed by atoms with Gasteiger partial charge in [-0.3, -0.25) is 9.48 Å². The summed E-state index contributed by atoms with van der Waals surface area (Å²) in [6.07, 6.45) is 6.27. The summed E-state index contributed by atoms with van der Waals surface area (Å²) in [5, 5.41) is 8.09. The van der Waals surface area contributed by atoms with Gasteiger partial charge in [0.25, 0.3) is 0 Å². The molecule has 1 aliphatic rings. The molecule has 3 heterocycles. The number of hydrogen-bond acceptors (Lipinski definition) is 3. The van der Waals surface area contributed by atoms with Crippen LogP contribution in [0.5, 0.6) is 0 Å². The van der Waals surface area contributed by atoms with Gasteiger partial charge in [0.2, 0.25) is 5.91 Å². The van der Waals surface area contributed by atoms with Crippen LogP contribution in [0, 0.1) is 5.82 Å². The van der Waals surface area contributed by atoms with Crippen LogP contribution in [0.4, 0.5) is 4.39 Å². The van der Waals surface area contributed by atoms with Crippen LogP contribution in [0.1, 0.15) is 23.7 Å². The molecule has 2 aromatic heterocycles. The molecule has 2 atom stereocenters. The van der Waals surface area contributed by atoms with Crippen LogP contribution in [0.3, 0.4) is 0 Å². The number of rotatable bonds is 4. The molecule has 1 aliphatic heterocycles. The van der Waals surface area contributed by atoms with Crippen LogP contribution in [0.25, 0.3) is 10.9 Å². The lowest BCUT2D eigenvalue weighted by molar-refractivity contribution is -0.121. The lowest BCUT2D eigenvalue weighted by atomic mass is 10.0. The molecule has 4 rings (SSSR count). The molecule has 6 nitrogen and oxygen atoms in total. The fourth-order valence-electron chi connectivity index (χ4n) is 3.39. The Labute approximate surface area is 144 Å². The first-order chi connectivity index (χ1) is 12.1. The second kappa shape index (κ2) is 6.33. The zero-order chi connectivity index (χ0) is 17.4. The number of hydrogen-bond donors (Lipinski definition) is 2. The summed E-state index contributed by atoms with van der Waals surface area (Å²) in [5.74, 6) is -0.373. The number of aryl methyl sites for hydroxylation is 1. The maximum atomic E-state index is 13.3. The number of nitrogens with one attached hydrogen (secondary N) is 2. The third kappa shape index (κ3) is 3.15. The van der Waals surface area contributed by atoms with Crippen molar-refractivity contribution in [1.82, 2.24) is 20.1 Å². The Kier molecular flexibility index (Phi) is 4.01. The predicted octanol–water partition coefficient (Wildman–Crippen LogP) is 2.23. The van der Waals surface area contributed by atoms with E-state index >= 15 is 0 Å². The quantitative estimate of drug-likeness (QED) is 0.764. The maximum Gasteiger partial charge on any atom is 0.224 e. The number of carbonyl (C=O) groups excluding carboxylic acids is 1. The molecule has 0 radical (unpaired) electrons. The Morgan fingerprint density at radius 1 is 1.52 bits per heavy atom. The molecule has 1 amide bonds. The number of H-pyrrole nitrogens is 1. The van der Waals surface area contributed by atoms with Crippen molar-refractivity contribution in [2.24, 2.45) is 7.05 Å². The highest BCUT2D eigenvalue weighted by Gasteiger charge is 2.31. The van der Waals surface area contributed by atoms with Gasteiger partial charge in [-0.05, 0) is 30.2 Å². The molecule has 0 spiro atoms. The van der Waals surface area contributed by atoms with Crippen molar-refractivity contribution >= 4 is 16.8 Å². The topological polar surface area (TPSA) is 71.9 Å². The molecule has 0 bridgehead atoms. The van der Waals surface area contributed by atoms with Crippen LogP contribution < -0.4 is 5.32 Å². The molecule has 7 heteroatoms. The van der Waals surface area contributed by atoms with Gasteiger partial charge in [0.15, 0.2) is 0 Å². The molecule has 0 aliphatic carbocycles. The lowest BCUT2D eigenvalue weighted by Crippen LogP contribution is -2.37. The normalized spacial score (nSPS) is 20.2. The van der Waals surface area contributed by atoms with Gasteiger partial charge in [0.1, 0.15) is 11.9 Å². The fourth-order valence-corrected chi connectivity index (χ4v) is 3.39. The van der Waals surface area contributed by atoms with Crippen molar-refractivity contribution in [3.8, 4) is 0 Å². The molecule has 3 aromatic rings. The molecular weight excluding hydrogens is 323 g/mol. The maximum absolute atomic E-state index is 13.3. The number of nitrogens with zero attached hydrogens (tertiary/aromatic N) is 2. The van der Waals surface area contributed by atoms with Crippen LogP contribution >= 0.6 is 0 Å². The van der Waals surface area contributed by atoms with E-state index in [0.29, 0.717) is 12.1 Å². The smallest absolute Gasteiger partial charge is 0.224 e. The van der Waals surface area contributed by atoms with Gasteiger partial charge in [-0.25, -0.2) is 4.39 Å². The predicted molar refractivity (Wildman–Crippen MR) is 90.4 cm³/mol. The zero-order valence-corrected chi connectivity index (χ0v) is 13.8. The highest BCUT2D eigenvalue weighted by molar-refractivity contribution is 5.89. The summed E-state index contributed by atoms with van der Waals surface area (Å²) in [4.78, 5) is 15.5. The standard InChI is InChI=1S/C18H19FN4O2/c1-23-10-12(9-21-23)18-15(4-5-25-18)22-17(24)6-11-8-20-16-7-13(19)2-3-14(11)16/h2-3,7-10,15,18,20H,4-6H2,1H3,(H,22,24)/t15-,18+/m0/s1. The highest BCUT2D eigenvalue weighted by Crippen LogP contribution is 2.29. The number of benzene rings is 1. The van der Waals surface area contributed by atoms with E-state index in [2.05, 4.69) is 15.4 Å². The van der Waals surface area contributed by atoms with Gasteiger partial charge in [-0.1, -0.05) is 0 Å². The molecule has 25 heavy (non-hydrogen) atoms. The van der Waals surface area contributed by atoms with E-state index in [0.717, 1.165) is 22.9 Å². The lowest BCUT2D eigenvalue weighted by Gasteiger charge is -2.18. The van der Waals surface area contributed by atoms with E-state index in [1.807, 2.05) is 13.2 Å². The van der Waals surface area contributed by atoms with Crippen molar-refractivity contribution < 1.29 is 13.9 Å². The number of fused-ring (bicyclic) bond motifs is 1. The van der Waals surface area contributed by atoms with Gasteiger partial charge >= 0.3 is 0 Å². The van der Waals surface area contributed by atoms with E-state index in [-0.39, 0.29) is 30.3 Å². The zero-order valence-electron chi connectivity index (χ0n) is 13.8. The van der Waals surface area contributed by atoms with Crippen molar-refractivity contribution in [1.29, 1.82) is 0 Å². The number of ether oxygens (including phenoxy) is 1. The molecule has 0 unspecified atom stereocenters. The van der Waals surface area contributed by atoms with Crippen LogP contribution in [0.2, 0.25) is 0 Å². The summed E-state index contributed by atoms with van der Waals surface area (Å²) in [7, 11) is 1.85.